The molecule has 2 heterocycles. The lowest BCUT2D eigenvalue weighted by atomic mass is 10.2. The van der Waals surface area contributed by atoms with E-state index < -0.39 is 5.76 Å². The van der Waals surface area contributed by atoms with Crippen LogP contribution in [0.15, 0.2) is 56.1 Å². The van der Waals surface area contributed by atoms with Crippen LogP contribution in [-0.2, 0) is 18.3 Å². The second kappa shape index (κ2) is 6.80. The maximum atomic E-state index is 13.1. The number of anilines is 1. The molecule has 0 bridgehead atoms. The predicted molar refractivity (Wildman–Crippen MR) is 100 cm³/mol. The van der Waals surface area contributed by atoms with Gasteiger partial charge in [0.15, 0.2) is 5.58 Å². The van der Waals surface area contributed by atoms with E-state index >= 15 is 0 Å². The van der Waals surface area contributed by atoms with Crippen LogP contribution in [0.3, 0.4) is 0 Å². The molecule has 0 aliphatic heterocycles. The fourth-order valence-corrected chi connectivity index (χ4v) is 2.87. The quantitative estimate of drug-likeness (QED) is 0.585. The Morgan fingerprint density at radius 3 is 2.68 bits per heavy atom. The van der Waals surface area contributed by atoms with Crippen molar-refractivity contribution in [3.8, 4) is 11.5 Å². The summed E-state index contributed by atoms with van der Waals surface area (Å²) in [6.45, 7) is 1.72. The van der Waals surface area contributed by atoms with Crippen molar-refractivity contribution in [3.63, 3.8) is 0 Å². The summed E-state index contributed by atoms with van der Waals surface area (Å²) in [7, 11) is 1.59. The molecule has 0 saturated heterocycles. The minimum atomic E-state index is -0.468. The highest BCUT2D eigenvalue weighted by molar-refractivity contribution is 5.94. The fourth-order valence-electron chi connectivity index (χ4n) is 2.87. The molecule has 0 aliphatic carbocycles. The number of amides is 1. The maximum absolute atomic E-state index is 13.1. The predicted octanol–water partition coefficient (Wildman–Crippen LogP) is 3.42. The minimum absolute atomic E-state index is 0.0128. The summed E-state index contributed by atoms with van der Waals surface area (Å²) in [5.74, 6) is -0.254. The van der Waals surface area contributed by atoms with Gasteiger partial charge in [-0.15, -0.1) is 0 Å². The van der Waals surface area contributed by atoms with Crippen LogP contribution in [0.2, 0.25) is 0 Å². The van der Waals surface area contributed by atoms with Crippen molar-refractivity contribution < 1.29 is 18.0 Å². The van der Waals surface area contributed by atoms with Gasteiger partial charge >= 0.3 is 5.76 Å². The van der Waals surface area contributed by atoms with Crippen LogP contribution in [0.5, 0.6) is 0 Å². The van der Waals surface area contributed by atoms with Gasteiger partial charge in [-0.05, 0) is 49.4 Å². The molecule has 1 N–H and O–H groups in total. The summed E-state index contributed by atoms with van der Waals surface area (Å²) in [6.07, 6.45) is 0.0128. The van der Waals surface area contributed by atoms with Gasteiger partial charge in [0.1, 0.15) is 11.6 Å². The molecule has 2 aromatic heterocycles. The molecule has 7 nitrogen and oxygen atoms in total. The number of halogens is 1. The molecular weight excluding hydrogens is 365 g/mol. The van der Waals surface area contributed by atoms with E-state index in [2.05, 4.69) is 10.3 Å². The van der Waals surface area contributed by atoms with E-state index in [-0.39, 0.29) is 18.1 Å². The number of hydrogen-bond donors (Lipinski definition) is 1. The molecule has 0 saturated carbocycles. The minimum Gasteiger partial charge on any atom is -0.441 e. The Hall–Kier alpha value is -3.68. The van der Waals surface area contributed by atoms with Crippen molar-refractivity contribution in [2.75, 3.05) is 5.32 Å². The van der Waals surface area contributed by atoms with Gasteiger partial charge in [-0.25, -0.2) is 14.2 Å². The first-order valence-corrected chi connectivity index (χ1v) is 8.52. The number of nitrogens with zero attached hydrogens (tertiary/aromatic N) is 2. The van der Waals surface area contributed by atoms with Crippen molar-refractivity contribution in [3.05, 3.63) is 70.3 Å². The topological polar surface area (TPSA) is 90.3 Å². The molecule has 4 aromatic rings. The molecule has 0 spiro atoms. The van der Waals surface area contributed by atoms with Crippen LogP contribution < -0.4 is 11.1 Å². The Morgan fingerprint density at radius 2 is 1.93 bits per heavy atom. The van der Waals surface area contributed by atoms with Crippen LogP contribution in [0.4, 0.5) is 10.1 Å². The first-order valence-electron chi connectivity index (χ1n) is 8.52. The van der Waals surface area contributed by atoms with E-state index in [4.69, 9.17) is 8.83 Å². The standard InChI is InChI=1S/C20H16FN3O4/c1-11-15(23-19(27-11)12-3-5-13(21)6-4-12)10-18(25)22-14-7-8-17-16(9-14)24(2)20(26)28-17/h3-9H,10H2,1-2H3,(H,22,25). The number of carbonyl (C=O) groups excluding carboxylic acids is 1. The van der Waals surface area contributed by atoms with E-state index in [1.54, 1.807) is 44.3 Å². The Labute approximate surface area is 158 Å². The maximum Gasteiger partial charge on any atom is 0.419 e. The number of aromatic nitrogens is 2. The second-order valence-corrected chi connectivity index (χ2v) is 6.36. The summed E-state index contributed by atoms with van der Waals surface area (Å²) in [5.41, 5.74) is 2.69. The van der Waals surface area contributed by atoms with Gasteiger partial charge in [0.2, 0.25) is 11.8 Å². The van der Waals surface area contributed by atoms with E-state index in [1.165, 1.54) is 16.7 Å². The third kappa shape index (κ3) is 3.32. The van der Waals surface area contributed by atoms with Crippen LogP contribution in [-0.4, -0.2) is 15.5 Å². The molecule has 1 amide bonds. The zero-order valence-corrected chi connectivity index (χ0v) is 15.2. The lowest BCUT2D eigenvalue weighted by Crippen LogP contribution is -2.15. The van der Waals surface area contributed by atoms with Crippen molar-refractivity contribution >= 4 is 22.7 Å². The molecule has 8 heteroatoms. The monoisotopic (exact) mass is 381 g/mol. The van der Waals surface area contributed by atoms with Crippen molar-refractivity contribution in [1.82, 2.24) is 9.55 Å². The molecule has 0 atom stereocenters. The molecule has 4 rings (SSSR count). The number of hydrogen-bond acceptors (Lipinski definition) is 5. The van der Waals surface area contributed by atoms with E-state index in [1.807, 2.05) is 0 Å². The van der Waals surface area contributed by atoms with Crippen molar-refractivity contribution in [1.29, 1.82) is 0 Å². The number of benzene rings is 2. The zero-order valence-electron chi connectivity index (χ0n) is 15.2. The highest BCUT2D eigenvalue weighted by Crippen LogP contribution is 2.23. The summed E-state index contributed by atoms with van der Waals surface area (Å²) >= 11 is 0. The average molecular weight is 381 g/mol. The normalized spacial score (nSPS) is 11.1. The number of aryl methyl sites for hydroxylation is 2. The summed E-state index contributed by atoms with van der Waals surface area (Å²) < 4.78 is 25.1. The van der Waals surface area contributed by atoms with E-state index in [0.717, 1.165) is 0 Å². The van der Waals surface area contributed by atoms with Gasteiger partial charge in [0, 0.05) is 18.3 Å². The highest BCUT2D eigenvalue weighted by Gasteiger charge is 2.15. The van der Waals surface area contributed by atoms with Crippen LogP contribution in [0.1, 0.15) is 11.5 Å². The molecule has 2 aromatic carbocycles. The molecule has 28 heavy (non-hydrogen) atoms. The van der Waals surface area contributed by atoms with E-state index in [0.29, 0.717) is 39.7 Å². The number of oxazole rings is 2. The number of fused-ring (bicyclic) bond motifs is 1. The Bertz CT molecular complexity index is 1230. The molecule has 0 fully saturated rings. The van der Waals surface area contributed by atoms with Crippen LogP contribution >= 0.6 is 0 Å². The molecule has 0 radical (unpaired) electrons. The fraction of sp³-hybridized carbons (Fsp3) is 0.150. The summed E-state index contributed by atoms with van der Waals surface area (Å²) in [5, 5.41) is 2.78. The lowest BCUT2D eigenvalue weighted by Gasteiger charge is -2.04. The summed E-state index contributed by atoms with van der Waals surface area (Å²) in [6, 6.07) is 10.7. The second-order valence-electron chi connectivity index (χ2n) is 6.36. The smallest absolute Gasteiger partial charge is 0.419 e. The number of nitrogens with one attached hydrogen (secondary N) is 1. The molecule has 0 aliphatic rings. The highest BCUT2D eigenvalue weighted by atomic mass is 19.1. The van der Waals surface area contributed by atoms with Crippen molar-refractivity contribution in [2.24, 2.45) is 7.05 Å². The Kier molecular flexibility index (Phi) is 4.31. The van der Waals surface area contributed by atoms with Crippen molar-refractivity contribution in [2.45, 2.75) is 13.3 Å². The lowest BCUT2D eigenvalue weighted by molar-refractivity contribution is -0.115. The first kappa shape index (κ1) is 17.7. The van der Waals surface area contributed by atoms with Crippen LogP contribution in [0.25, 0.3) is 22.6 Å². The van der Waals surface area contributed by atoms with Gasteiger partial charge in [0.05, 0.1) is 17.6 Å². The first-order chi connectivity index (χ1) is 13.4. The van der Waals surface area contributed by atoms with Crippen LogP contribution in [0, 0.1) is 12.7 Å². The number of carbonyl (C=O) groups is 1. The SMILES string of the molecule is Cc1oc(-c2ccc(F)cc2)nc1CC(=O)Nc1ccc2oc(=O)n(C)c2c1. The zero-order chi connectivity index (χ0) is 19.8. The van der Waals surface area contributed by atoms with Gasteiger partial charge < -0.3 is 14.2 Å². The summed E-state index contributed by atoms with van der Waals surface area (Å²) in [4.78, 5) is 28.3. The molecule has 0 unspecified atom stereocenters. The Morgan fingerprint density at radius 1 is 1.18 bits per heavy atom. The van der Waals surface area contributed by atoms with Gasteiger partial charge in [-0.3, -0.25) is 9.36 Å². The molecule has 142 valence electrons. The third-order valence-electron chi connectivity index (χ3n) is 4.39. The number of rotatable bonds is 4. The van der Waals surface area contributed by atoms with Gasteiger partial charge in [-0.2, -0.15) is 0 Å². The Balaban J connectivity index is 1.52. The largest absolute Gasteiger partial charge is 0.441 e. The van der Waals surface area contributed by atoms with Gasteiger partial charge in [-0.1, -0.05) is 0 Å². The average Bonchev–Trinajstić information content (AvgIpc) is 3.16. The van der Waals surface area contributed by atoms with E-state index in [9.17, 15) is 14.0 Å². The third-order valence-corrected chi connectivity index (χ3v) is 4.39. The van der Waals surface area contributed by atoms with Gasteiger partial charge in [0.25, 0.3) is 0 Å². The molecular formula is C20H16FN3O4.